The van der Waals surface area contributed by atoms with Crippen LogP contribution in [0.1, 0.15) is 24.0 Å². The maximum atomic E-state index is 9.55. The fourth-order valence-electron chi connectivity index (χ4n) is 3.06. The summed E-state index contributed by atoms with van der Waals surface area (Å²) in [5.41, 5.74) is 2.79. The molecule has 3 nitrogen and oxygen atoms in total. The number of rotatable bonds is 3. The van der Waals surface area contributed by atoms with Crippen LogP contribution in [0.2, 0.25) is 0 Å². The second-order valence-electron chi connectivity index (χ2n) is 5.81. The lowest BCUT2D eigenvalue weighted by Gasteiger charge is -2.44. The number of nitrogens with zero attached hydrogens (tertiary/aromatic N) is 1. The Hall–Kier alpha value is -2.47. The van der Waals surface area contributed by atoms with E-state index in [0.717, 1.165) is 29.7 Å². The number of aryl methyl sites for hydroxylation is 1. The second-order valence-corrected chi connectivity index (χ2v) is 5.81. The van der Waals surface area contributed by atoms with Gasteiger partial charge in [0.1, 0.15) is 5.75 Å². The molecular formula is C18H18N2O. The number of hydrogen-bond acceptors (Lipinski definition) is 3. The molecule has 0 unspecified atom stereocenters. The van der Waals surface area contributed by atoms with Crippen molar-refractivity contribution in [1.82, 2.24) is 0 Å². The van der Waals surface area contributed by atoms with Gasteiger partial charge in [-0.1, -0.05) is 30.3 Å². The Balaban J connectivity index is 1.71. The Morgan fingerprint density at radius 3 is 2.52 bits per heavy atom. The van der Waals surface area contributed by atoms with Crippen molar-refractivity contribution in [3.63, 3.8) is 0 Å². The van der Waals surface area contributed by atoms with Gasteiger partial charge in [-0.2, -0.15) is 5.26 Å². The van der Waals surface area contributed by atoms with Crippen molar-refractivity contribution in [1.29, 1.82) is 5.26 Å². The molecule has 0 saturated heterocycles. The lowest BCUT2D eigenvalue weighted by molar-refractivity contribution is 0.289. The summed E-state index contributed by atoms with van der Waals surface area (Å²) in [6.07, 6.45) is 1.63. The van der Waals surface area contributed by atoms with Crippen LogP contribution in [-0.2, 0) is 5.41 Å². The molecule has 1 aliphatic rings. The molecule has 1 fully saturated rings. The van der Waals surface area contributed by atoms with Crippen molar-refractivity contribution >= 4 is 5.69 Å². The first-order valence-corrected chi connectivity index (χ1v) is 7.16. The van der Waals surface area contributed by atoms with Gasteiger partial charge in [-0.3, -0.25) is 0 Å². The van der Waals surface area contributed by atoms with Gasteiger partial charge in [-0.25, -0.2) is 0 Å². The van der Waals surface area contributed by atoms with E-state index in [9.17, 15) is 10.4 Å². The molecule has 0 amide bonds. The van der Waals surface area contributed by atoms with Gasteiger partial charge in [0.2, 0.25) is 0 Å². The number of nitriles is 1. The molecule has 106 valence electrons. The molecule has 21 heavy (non-hydrogen) atoms. The standard InChI is InChI=1S/C18H18N2O/c1-13-9-16(21)7-8-17(13)20-15-10-18(11-15,12-19)14-5-3-2-4-6-14/h2-9,15,20-21H,10-11H2,1H3. The summed E-state index contributed by atoms with van der Waals surface area (Å²) in [5, 5.41) is 22.5. The minimum Gasteiger partial charge on any atom is -0.508 e. The monoisotopic (exact) mass is 278 g/mol. The number of anilines is 1. The normalized spacial score (nSPS) is 23.9. The smallest absolute Gasteiger partial charge is 0.115 e. The maximum absolute atomic E-state index is 9.55. The van der Waals surface area contributed by atoms with Gasteiger partial charge in [-0.15, -0.1) is 0 Å². The number of phenols is 1. The fraction of sp³-hybridized carbons (Fsp3) is 0.278. The molecule has 1 saturated carbocycles. The predicted molar refractivity (Wildman–Crippen MR) is 83.2 cm³/mol. The van der Waals surface area contributed by atoms with E-state index in [4.69, 9.17) is 0 Å². The molecule has 0 radical (unpaired) electrons. The van der Waals surface area contributed by atoms with E-state index < -0.39 is 0 Å². The molecular weight excluding hydrogens is 260 g/mol. The second kappa shape index (κ2) is 5.14. The predicted octanol–water partition coefficient (Wildman–Crippen LogP) is 3.74. The molecule has 0 bridgehead atoms. The van der Waals surface area contributed by atoms with Crippen molar-refractivity contribution in [3.8, 4) is 11.8 Å². The lowest BCUT2D eigenvalue weighted by Crippen LogP contribution is -2.47. The van der Waals surface area contributed by atoms with Gasteiger partial charge in [0.15, 0.2) is 0 Å². The summed E-state index contributed by atoms with van der Waals surface area (Å²) >= 11 is 0. The van der Waals surface area contributed by atoms with Crippen LogP contribution >= 0.6 is 0 Å². The van der Waals surface area contributed by atoms with E-state index in [2.05, 4.69) is 11.4 Å². The first-order chi connectivity index (χ1) is 10.1. The molecule has 2 N–H and O–H groups in total. The Morgan fingerprint density at radius 1 is 1.19 bits per heavy atom. The molecule has 0 spiro atoms. The van der Waals surface area contributed by atoms with Crippen molar-refractivity contribution in [2.45, 2.75) is 31.2 Å². The highest BCUT2D eigenvalue weighted by molar-refractivity contribution is 5.55. The molecule has 3 rings (SSSR count). The minimum atomic E-state index is -0.357. The van der Waals surface area contributed by atoms with Crippen LogP contribution in [0.5, 0.6) is 5.75 Å². The summed E-state index contributed by atoms with van der Waals surface area (Å²) in [5.74, 6) is 0.280. The van der Waals surface area contributed by atoms with Crippen molar-refractivity contribution in [2.75, 3.05) is 5.32 Å². The van der Waals surface area contributed by atoms with Crippen LogP contribution in [0.3, 0.4) is 0 Å². The molecule has 0 aliphatic heterocycles. The highest BCUT2D eigenvalue weighted by Gasteiger charge is 2.46. The van der Waals surface area contributed by atoms with Crippen LogP contribution in [0.25, 0.3) is 0 Å². The Morgan fingerprint density at radius 2 is 1.90 bits per heavy atom. The van der Waals surface area contributed by atoms with Crippen molar-refractivity contribution in [3.05, 3.63) is 59.7 Å². The van der Waals surface area contributed by atoms with Crippen LogP contribution < -0.4 is 5.32 Å². The van der Waals surface area contributed by atoms with Crippen LogP contribution in [0.4, 0.5) is 5.69 Å². The first kappa shape index (κ1) is 13.5. The van der Waals surface area contributed by atoms with E-state index in [0.29, 0.717) is 6.04 Å². The first-order valence-electron chi connectivity index (χ1n) is 7.16. The van der Waals surface area contributed by atoms with Gasteiger partial charge in [0.25, 0.3) is 0 Å². The number of aromatic hydroxyl groups is 1. The van der Waals surface area contributed by atoms with Gasteiger partial charge < -0.3 is 10.4 Å². The Kier molecular flexibility index (Phi) is 3.31. The number of nitrogens with one attached hydrogen (secondary N) is 1. The summed E-state index contributed by atoms with van der Waals surface area (Å²) in [4.78, 5) is 0. The summed E-state index contributed by atoms with van der Waals surface area (Å²) in [6, 6.07) is 18.1. The van der Waals surface area contributed by atoms with Crippen LogP contribution in [0, 0.1) is 18.3 Å². The molecule has 2 aromatic carbocycles. The van der Waals surface area contributed by atoms with Crippen molar-refractivity contribution < 1.29 is 5.11 Å². The number of benzene rings is 2. The fourth-order valence-corrected chi connectivity index (χ4v) is 3.06. The third-order valence-electron chi connectivity index (χ3n) is 4.30. The average Bonchev–Trinajstić information content (AvgIpc) is 2.45. The largest absolute Gasteiger partial charge is 0.508 e. The Labute approximate surface area is 124 Å². The molecule has 0 heterocycles. The highest BCUT2D eigenvalue weighted by Crippen LogP contribution is 2.44. The third-order valence-corrected chi connectivity index (χ3v) is 4.30. The molecule has 0 atom stereocenters. The van der Waals surface area contributed by atoms with Gasteiger partial charge in [0.05, 0.1) is 11.5 Å². The summed E-state index contributed by atoms with van der Waals surface area (Å²) < 4.78 is 0. The Bertz CT molecular complexity index is 682. The average molecular weight is 278 g/mol. The number of hydrogen-bond donors (Lipinski definition) is 2. The molecule has 2 aromatic rings. The van der Waals surface area contributed by atoms with E-state index >= 15 is 0 Å². The van der Waals surface area contributed by atoms with Crippen LogP contribution in [-0.4, -0.2) is 11.1 Å². The van der Waals surface area contributed by atoms with E-state index in [1.54, 1.807) is 12.1 Å². The molecule has 3 heteroatoms. The highest BCUT2D eigenvalue weighted by atomic mass is 16.3. The van der Waals surface area contributed by atoms with Gasteiger partial charge in [-0.05, 0) is 49.1 Å². The summed E-state index contributed by atoms with van der Waals surface area (Å²) in [7, 11) is 0. The van der Waals surface area contributed by atoms with E-state index in [1.807, 2.05) is 43.3 Å². The third kappa shape index (κ3) is 2.45. The zero-order valence-corrected chi connectivity index (χ0v) is 12.0. The van der Waals surface area contributed by atoms with Crippen molar-refractivity contribution in [2.24, 2.45) is 0 Å². The van der Waals surface area contributed by atoms with Gasteiger partial charge >= 0.3 is 0 Å². The quantitative estimate of drug-likeness (QED) is 0.841. The zero-order valence-electron chi connectivity index (χ0n) is 12.0. The summed E-state index contributed by atoms with van der Waals surface area (Å²) in [6.45, 7) is 1.97. The van der Waals surface area contributed by atoms with E-state index in [-0.39, 0.29) is 11.2 Å². The minimum absolute atomic E-state index is 0.280. The molecule has 0 aromatic heterocycles. The number of phenolic OH excluding ortho intramolecular Hbond substituents is 1. The van der Waals surface area contributed by atoms with Crippen LogP contribution in [0.15, 0.2) is 48.5 Å². The topological polar surface area (TPSA) is 56.0 Å². The van der Waals surface area contributed by atoms with E-state index in [1.165, 1.54) is 0 Å². The molecule has 1 aliphatic carbocycles. The van der Waals surface area contributed by atoms with Gasteiger partial charge in [0, 0.05) is 11.7 Å². The zero-order chi connectivity index (χ0) is 14.9. The lowest BCUT2D eigenvalue weighted by atomic mass is 9.62. The SMILES string of the molecule is Cc1cc(O)ccc1NC1CC(C#N)(c2ccccc2)C1. The maximum Gasteiger partial charge on any atom is 0.115 e.